The van der Waals surface area contributed by atoms with E-state index in [1.165, 1.54) is 0 Å². The molecule has 0 aliphatic carbocycles. The second-order valence-electron chi connectivity index (χ2n) is 9.03. The Labute approximate surface area is 178 Å². The van der Waals surface area contributed by atoms with Crippen LogP contribution in [0.3, 0.4) is 0 Å². The van der Waals surface area contributed by atoms with Crippen molar-refractivity contribution in [3.05, 3.63) is 18.2 Å². The van der Waals surface area contributed by atoms with E-state index >= 15 is 0 Å². The fourth-order valence-corrected chi connectivity index (χ4v) is 5.76. The molecular weight excluding hydrogens is 382 g/mol. The fraction of sp³-hybridized carbons (Fsp3) is 0.773. The summed E-state index contributed by atoms with van der Waals surface area (Å²) in [6, 6.07) is -0.131. The van der Waals surface area contributed by atoms with Gasteiger partial charge in [0.15, 0.2) is 0 Å². The number of amides is 2. The summed E-state index contributed by atoms with van der Waals surface area (Å²) in [4.78, 5) is 34.7. The molecule has 1 N–H and O–H groups in total. The molecule has 8 nitrogen and oxygen atoms in total. The first-order valence-corrected chi connectivity index (χ1v) is 11.4. The molecule has 2 bridgehead atoms. The number of fused-ring (bicyclic) bond motifs is 4. The number of nitrogens with one attached hydrogen (secondary N) is 1. The van der Waals surface area contributed by atoms with Gasteiger partial charge in [-0.15, -0.1) is 0 Å². The number of rotatable bonds is 8. The van der Waals surface area contributed by atoms with Gasteiger partial charge in [-0.25, -0.2) is 4.98 Å². The van der Waals surface area contributed by atoms with Crippen molar-refractivity contribution < 1.29 is 14.3 Å². The van der Waals surface area contributed by atoms with Gasteiger partial charge in [0.05, 0.1) is 6.61 Å². The average molecular weight is 418 g/mol. The number of hydrogen-bond donors (Lipinski definition) is 1. The largest absolute Gasteiger partial charge is 0.383 e. The molecule has 0 radical (unpaired) electrons. The number of nitrogens with zero attached hydrogens (tertiary/aromatic N) is 4. The Balaban J connectivity index is 1.43. The van der Waals surface area contributed by atoms with Gasteiger partial charge in [-0.1, -0.05) is 0 Å². The lowest BCUT2D eigenvalue weighted by atomic mass is 9.71. The minimum absolute atomic E-state index is 0.00774. The van der Waals surface area contributed by atoms with E-state index in [2.05, 4.69) is 19.8 Å². The third kappa shape index (κ3) is 4.39. The molecule has 0 saturated carbocycles. The van der Waals surface area contributed by atoms with E-state index in [4.69, 9.17) is 4.74 Å². The van der Waals surface area contributed by atoms with Crippen molar-refractivity contribution in [3.8, 4) is 0 Å². The summed E-state index contributed by atoms with van der Waals surface area (Å²) in [5.74, 6) is 1.89. The van der Waals surface area contributed by atoms with Crippen LogP contribution in [-0.2, 0) is 20.9 Å². The Kier molecular flexibility index (Phi) is 6.73. The summed E-state index contributed by atoms with van der Waals surface area (Å²) >= 11 is 0. The second-order valence-corrected chi connectivity index (χ2v) is 9.03. The van der Waals surface area contributed by atoms with Gasteiger partial charge in [0.2, 0.25) is 11.8 Å². The van der Waals surface area contributed by atoms with E-state index in [9.17, 15) is 9.59 Å². The second kappa shape index (κ2) is 9.47. The van der Waals surface area contributed by atoms with Crippen LogP contribution in [0.5, 0.6) is 0 Å². The average Bonchev–Trinajstić information content (AvgIpc) is 3.14. The first kappa shape index (κ1) is 21.3. The zero-order chi connectivity index (χ0) is 21.1. The van der Waals surface area contributed by atoms with E-state index in [-0.39, 0.29) is 29.8 Å². The zero-order valence-electron chi connectivity index (χ0n) is 18.3. The molecule has 3 aliphatic heterocycles. The highest BCUT2D eigenvalue weighted by Gasteiger charge is 2.51. The van der Waals surface area contributed by atoms with Crippen molar-refractivity contribution in [3.63, 3.8) is 0 Å². The third-order valence-electron chi connectivity index (χ3n) is 7.09. The van der Waals surface area contributed by atoms with Gasteiger partial charge in [0, 0.05) is 64.1 Å². The lowest BCUT2D eigenvalue weighted by Crippen LogP contribution is -2.68. The first-order valence-electron chi connectivity index (χ1n) is 11.4. The molecule has 0 spiro atoms. The van der Waals surface area contributed by atoms with Gasteiger partial charge in [0.1, 0.15) is 11.9 Å². The number of methoxy groups -OCH3 is 1. The molecule has 0 unspecified atom stereocenters. The van der Waals surface area contributed by atoms with E-state index in [0.717, 1.165) is 57.7 Å². The highest BCUT2D eigenvalue weighted by molar-refractivity contribution is 5.89. The molecule has 1 aromatic heterocycles. The first-order chi connectivity index (χ1) is 14.6. The molecule has 4 atom stereocenters. The molecule has 4 heterocycles. The Morgan fingerprint density at radius 2 is 2.13 bits per heavy atom. The predicted octanol–water partition coefficient (Wildman–Crippen LogP) is 1.05. The lowest BCUT2D eigenvalue weighted by Gasteiger charge is -2.56. The van der Waals surface area contributed by atoms with Crippen molar-refractivity contribution in [2.24, 2.45) is 11.8 Å². The number of ether oxygens (including phenoxy) is 1. The quantitative estimate of drug-likeness (QED) is 0.640. The van der Waals surface area contributed by atoms with Crippen molar-refractivity contribution in [2.45, 2.75) is 57.7 Å². The Morgan fingerprint density at radius 1 is 1.30 bits per heavy atom. The Bertz CT molecular complexity index is 751. The van der Waals surface area contributed by atoms with Crippen molar-refractivity contribution in [1.82, 2.24) is 24.7 Å². The number of aromatic nitrogens is 2. The third-order valence-corrected chi connectivity index (χ3v) is 7.09. The lowest BCUT2D eigenvalue weighted by molar-refractivity contribution is -0.160. The summed E-state index contributed by atoms with van der Waals surface area (Å²) < 4.78 is 7.27. The number of likely N-dealkylation sites (tertiary alicyclic amines) is 1. The number of piperidine rings is 3. The molecule has 3 fully saturated rings. The Hall–Kier alpha value is -1.93. The van der Waals surface area contributed by atoms with Gasteiger partial charge in [0.25, 0.3) is 0 Å². The van der Waals surface area contributed by atoms with E-state index < -0.39 is 0 Å². The van der Waals surface area contributed by atoms with Crippen LogP contribution in [0.1, 0.15) is 37.9 Å². The van der Waals surface area contributed by atoms with Gasteiger partial charge >= 0.3 is 0 Å². The normalized spacial score (nSPS) is 29.0. The molecule has 8 heteroatoms. The van der Waals surface area contributed by atoms with Crippen molar-refractivity contribution >= 4 is 11.8 Å². The molecular formula is C22H35N5O3. The van der Waals surface area contributed by atoms with E-state index in [1.807, 2.05) is 24.2 Å². The topological polar surface area (TPSA) is 79.7 Å². The van der Waals surface area contributed by atoms with Gasteiger partial charge in [-0.3, -0.25) is 9.59 Å². The van der Waals surface area contributed by atoms with Crippen LogP contribution in [0.15, 0.2) is 12.4 Å². The zero-order valence-corrected chi connectivity index (χ0v) is 18.3. The summed E-state index contributed by atoms with van der Waals surface area (Å²) in [7, 11) is 1.63. The fourth-order valence-electron chi connectivity index (χ4n) is 5.76. The van der Waals surface area contributed by atoms with Crippen molar-refractivity contribution in [2.75, 3.05) is 39.9 Å². The summed E-state index contributed by atoms with van der Waals surface area (Å²) in [6.07, 6.45) is 8.54. The monoisotopic (exact) mass is 417 g/mol. The number of imidazole rings is 1. The van der Waals surface area contributed by atoms with Crippen LogP contribution in [0.4, 0.5) is 0 Å². The van der Waals surface area contributed by atoms with Crippen LogP contribution in [0.2, 0.25) is 0 Å². The van der Waals surface area contributed by atoms with Gasteiger partial charge < -0.3 is 24.4 Å². The summed E-state index contributed by atoms with van der Waals surface area (Å²) in [5.41, 5.74) is 0. The summed E-state index contributed by atoms with van der Waals surface area (Å²) in [6.45, 7) is 6.92. The highest BCUT2D eigenvalue weighted by Crippen LogP contribution is 2.41. The molecule has 30 heavy (non-hydrogen) atoms. The van der Waals surface area contributed by atoms with Crippen LogP contribution >= 0.6 is 0 Å². The van der Waals surface area contributed by atoms with Gasteiger partial charge in [-0.2, -0.15) is 0 Å². The number of hydrogen-bond acceptors (Lipinski definition) is 5. The molecule has 1 aromatic rings. The Morgan fingerprint density at radius 3 is 2.90 bits per heavy atom. The molecule has 3 aliphatic rings. The number of carbonyl (C=O) groups excluding carboxylic acids is 2. The van der Waals surface area contributed by atoms with E-state index in [0.29, 0.717) is 25.5 Å². The van der Waals surface area contributed by atoms with Crippen LogP contribution in [0, 0.1) is 18.8 Å². The molecule has 0 aromatic carbocycles. The SMILES string of the molecule is COCCNC(=O)[C@H]1[C@H]2C[C@H](CN(CCCn3ccnc3C)C2)[C@@H]2CCCC(=O)N21. The number of carbonyl (C=O) groups is 2. The van der Waals surface area contributed by atoms with Crippen molar-refractivity contribution in [1.29, 1.82) is 0 Å². The molecule has 166 valence electrons. The standard InChI is InChI=1S/C22H35N5O3/c1-16-23-7-11-26(16)10-4-9-25-14-17-13-18(15-25)21(22(29)24-8-12-30-2)27-19(17)5-3-6-20(27)28/h7,11,17-19,21H,3-6,8-10,12-15H2,1-2H3,(H,24,29)/t17-,18+,19+,21-/m1/s1. The molecule has 2 amide bonds. The van der Waals surface area contributed by atoms with Gasteiger partial charge in [-0.05, 0) is 45.1 Å². The maximum atomic E-state index is 13.1. The smallest absolute Gasteiger partial charge is 0.243 e. The van der Waals surface area contributed by atoms with E-state index in [1.54, 1.807) is 7.11 Å². The minimum Gasteiger partial charge on any atom is -0.383 e. The maximum absolute atomic E-state index is 13.1. The highest BCUT2D eigenvalue weighted by atomic mass is 16.5. The maximum Gasteiger partial charge on any atom is 0.243 e. The number of aryl methyl sites for hydroxylation is 2. The predicted molar refractivity (Wildman–Crippen MR) is 113 cm³/mol. The molecule has 4 rings (SSSR count). The molecule has 3 saturated heterocycles. The minimum atomic E-state index is -0.338. The van der Waals surface area contributed by atoms with Crippen LogP contribution < -0.4 is 5.32 Å². The van der Waals surface area contributed by atoms with Crippen LogP contribution in [0.25, 0.3) is 0 Å². The summed E-state index contributed by atoms with van der Waals surface area (Å²) in [5, 5.41) is 3.01. The van der Waals surface area contributed by atoms with Crippen LogP contribution in [-0.4, -0.2) is 83.1 Å².